The Balaban J connectivity index is 2.46. The van der Waals surface area contributed by atoms with E-state index in [0.717, 1.165) is 0 Å². The normalized spacial score (nSPS) is 10.8. The maximum Gasteiger partial charge on any atom is 0.323 e. The molecule has 0 aliphatic carbocycles. The topological polar surface area (TPSA) is 83.9 Å². The third kappa shape index (κ3) is 1.84. The number of hydrogen-bond donors (Lipinski definition) is 3. The third-order valence-corrected chi connectivity index (χ3v) is 1.94. The summed E-state index contributed by atoms with van der Waals surface area (Å²) >= 11 is 0. The molecule has 0 spiro atoms. The molecule has 0 atom stereocenters. The fourth-order valence-corrected chi connectivity index (χ4v) is 1.32. The molecular weight excluding hydrogens is 201 g/mol. The minimum Gasteiger partial charge on any atom is -0.489 e. The van der Waals surface area contributed by atoms with Crippen molar-refractivity contribution >= 4 is 11.0 Å². The molecule has 4 N–H and O–H groups in total. The average Bonchev–Trinajstić information content (AvgIpc) is 2.53. The summed E-state index contributed by atoms with van der Waals surface area (Å²) in [6.45, 7) is 0.540. The monoisotopic (exact) mass is 211 g/mol. The number of aromatic amines is 2. The first-order valence-electron chi connectivity index (χ1n) is 4.45. The minimum atomic E-state index is -0.522. The molecule has 5 nitrogen and oxygen atoms in total. The molecule has 0 aliphatic heterocycles. The quantitative estimate of drug-likeness (QED) is 0.684. The summed E-state index contributed by atoms with van der Waals surface area (Å²) in [5, 5.41) is 0. The number of halogens is 1. The van der Waals surface area contributed by atoms with Crippen molar-refractivity contribution in [3.63, 3.8) is 0 Å². The van der Waals surface area contributed by atoms with Gasteiger partial charge in [-0.1, -0.05) is 0 Å². The fraction of sp³-hybridized carbons (Fsp3) is 0.222. The van der Waals surface area contributed by atoms with Crippen LogP contribution in [0.15, 0.2) is 16.9 Å². The molecule has 2 aromatic rings. The number of fused-ring (bicyclic) bond motifs is 1. The maximum atomic E-state index is 13.4. The summed E-state index contributed by atoms with van der Waals surface area (Å²) in [6, 6.07) is 2.64. The van der Waals surface area contributed by atoms with Crippen molar-refractivity contribution in [1.82, 2.24) is 9.97 Å². The second-order valence-electron chi connectivity index (χ2n) is 3.04. The zero-order valence-corrected chi connectivity index (χ0v) is 7.84. The van der Waals surface area contributed by atoms with Crippen molar-refractivity contribution in [1.29, 1.82) is 0 Å². The van der Waals surface area contributed by atoms with Gasteiger partial charge in [0.1, 0.15) is 6.61 Å². The molecule has 0 aliphatic rings. The van der Waals surface area contributed by atoms with Crippen molar-refractivity contribution in [3.05, 3.63) is 28.4 Å². The number of nitrogens with two attached hydrogens (primary N) is 1. The highest BCUT2D eigenvalue weighted by Crippen LogP contribution is 2.21. The first-order valence-corrected chi connectivity index (χ1v) is 4.45. The van der Waals surface area contributed by atoms with Crippen LogP contribution in [-0.2, 0) is 0 Å². The van der Waals surface area contributed by atoms with Crippen LogP contribution < -0.4 is 16.2 Å². The van der Waals surface area contributed by atoms with E-state index in [1.54, 1.807) is 0 Å². The predicted molar refractivity (Wildman–Crippen MR) is 53.4 cm³/mol. The first-order chi connectivity index (χ1) is 7.20. The lowest BCUT2D eigenvalue weighted by molar-refractivity contribution is 0.311. The van der Waals surface area contributed by atoms with Crippen LogP contribution in [0.4, 0.5) is 4.39 Å². The van der Waals surface area contributed by atoms with Crippen molar-refractivity contribution in [2.24, 2.45) is 5.73 Å². The Hall–Kier alpha value is -1.82. The molecule has 6 heteroatoms. The molecule has 0 saturated heterocycles. The SMILES string of the molecule is NCCOc1cc2[nH]c(=O)[nH]c2cc1F. The van der Waals surface area contributed by atoms with Gasteiger partial charge in [0.15, 0.2) is 11.6 Å². The average molecular weight is 211 g/mol. The van der Waals surface area contributed by atoms with Gasteiger partial charge >= 0.3 is 5.69 Å². The highest BCUT2D eigenvalue weighted by molar-refractivity contribution is 5.76. The van der Waals surface area contributed by atoms with Gasteiger partial charge in [0, 0.05) is 18.7 Å². The number of aromatic nitrogens is 2. The smallest absolute Gasteiger partial charge is 0.323 e. The van der Waals surface area contributed by atoms with E-state index in [-0.39, 0.29) is 18.0 Å². The van der Waals surface area contributed by atoms with Crippen molar-refractivity contribution in [2.45, 2.75) is 0 Å². The highest BCUT2D eigenvalue weighted by Gasteiger charge is 2.07. The maximum absolute atomic E-state index is 13.4. The van der Waals surface area contributed by atoms with Crippen LogP contribution in [0.3, 0.4) is 0 Å². The van der Waals surface area contributed by atoms with Crippen LogP contribution in [0, 0.1) is 5.82 Å². The molecule has 1 aromatic heterocycles. The number of rotatable bonds is 3. The van der Waals surface area contributed by atoms with Crippen LogP contribution in [0.25, 0.3) is 11.0 Å². The van der Waals surface area contributed by atoms with Gasteiger partial charge in [-0.3, -0.25) is 0 Å². The minimum absolute atomic E-state index is 0.0863. The number of hydrogen-bond acceptors (Lipinski definition) is 3. The van der Waals surface area contributed by atoms with Gasteiger partial charge in [-0.05, 0) is 0 Å². The van der Waals surface area contributed by atoms with Crippen LogP contribution in [0.2, 0.25) is 0 Å². The standard InChI is InChI=1S/C9H10FN3O2/c10-5-3-6-7(13-9(14)12-6)4-8(5)15-2-1-11/h3-4H,1-2,11H2,(H2,12,13,14). The van der Waals surface area contributed by atoms with E-state index in [2.05, 4.69) is 9.97 Å². The highest BCUT2D eigenvalue weighted by atomic mass is 19.1. The van der Waals surface area contributed by atoms with Gasteiger partial charge in [-0.15, -0.1) is 0 Å². The number of H-pyrrole nitrogens is 2. The lowest BCUT2D eigenvalue weighted by atomic mass is 10.3. The summed E-state index contributed by atoms with van der Waals surface area (Å²) < 4.78 is 18.4. The predicted octanol–water partition coefficient (Wildman–Crippen LogP) is 0.333. The number of imidazole rings is 1. The molecule has 0 amide bonds. The van der Waals surface area contributed by atoms with Crippen molar-refractivity contribution < 1.29 is 9.13 Å². The molecule has 1 heterocycles. The van der Waals surface area contributed by atoms with E-state index in [4.69, 9.17) is 10.5 Å². The van der Waals surface area contributed by atoms with Crippen LogP contribution in [0.1, 0.15) is 0 Å². The summed E-state index contributed by atoms with van der Waals surface area (Å²) in [7, 11) is 0. The van der Waals surface area contributed by atoms with Gasteiger partial charge in [0.2, 0.25) is 0 Å². The summed E-state index contributed by atoms with van der Waals surface area (Å²) in [4.78, 5) is 15.9. The largest absolute Gasteiger partial charge is 0.489 e. The van der Waals surface area contributed by atoms with Crippen molar-refractivity contribution in [2.75, 3.05) is 13.2 Å². The van der Waals surface area contributed by atoms with E-state index in [9.17, 15) is 9.18 Å². The van der Waals surface area contributed by atoms with E-state index >= 15 is 0 Å². The zero-order valence-electron chi connectivity index (χ0n) is 7.84. The van der Waals surface area contributed by atoms with Crippen LogP contribution >= 0.6 is 0 Å². The van der Waals surface area contributed by atoms with Gasteiger partial charge in [0.25, 0.3) is 0 Å². The Kier molecular flexibility index (Phi) is 2.42. The van der Waals surface area contributed by atoms with Crippen molar-refractivity contribution in [3.8, 4) is 5.75 Å². The van der Waals surface area contributed by atoms with Gasteiger partial charge in [-0.25, -0.2) is 9.18 Å². The lowest BCUT2D eigenvalue weighted by Gasteiger charge is -2.05. The van der Waals surface area contributed by atoms with E-state index in [0.29, 0.717) is 17.6 Å². The van der Waals surface area contributed by atoms with E-state index in [1.165, 1.54) is 12.1 Å². The molecule has 0 radical (unpaired) electrons. The number of nitrogens with one attached hydrogen (secondary N) is 2. The molecule has 0 unspecified atom stereocenters. The number of ether oxygens (including phenoxy) is 1. The molecule has 2 rings (SSSR count). The fourth-order valence-electron chi connectivity index (χ4n) is 1.32. The molecule has 0 bridgehead atoms. The van der Waals surface area contributed by atoms with E-state index < -0.39 is 5.82 Å². The molecule has 0 saturated carbocycles. The Morgan fingerprint density at radius 1 is 1.33 bits per heavy atom. The van der Waals surface area contributed by atoms with Gasteiger partial charge in [-0.2, -0.15) is 0 Å². The zero-order chi connectivity index (χ0) is 10.8. The van der Waals surface area contributed by atoms with Crippen LogP contribution in [-0.4, -0.2) is 23.1 Å². The first kappa shape index (κ1) is 9.72. The Morgan fingerprint density at radius 3 is 2.67 bits per heavy atom. The van der Waals surface area contributed by atoms with Gasteiger partial charge < -0.3 is 20.4 Å². The second-order valence-corrected chi connectivity index (χ2v) is 3.04. The summed E-state index contributed by atoms with van der Waals surface area (Å²) in [6.07, 6.45) is 0. The third-order valence-electron chi connectivity index (χ3n) is 1.94. The molecule has 0 fully saturated rings. The van der Waals surface area contributed by atoms with E-state index in [1.807, 2.05) is 0 Å². The van der Waals surface area contributed by atoms with Gasteiger partial charge in [0.05, 0.1) is 11.0 Å². The summed E-state index contributed by atoms with van der Waals surface area (Å²) in [5.74, 6) is -0.436. The Labute approximate surface area is 84.1 Å². The Morgan fingerprint density at radius 2 is 2.00 bits per heavy atom. The molecular formula is C9H10FN3O2. The second kappa shape index (κ2) is 3.74. The molecule has 80 valence electrons. The molecule has 15 heavy (non-hydrogen) atoms. The number of benzene rings is 1. The van der Waals surface area contributed by atoms with Crippen LogP contribution in [0.5, 0.6) is 5.75 Å². The summed E-state index contributed by atoms with van der Waals surface area (Å²) in [5.41, 5.74) is 5.78. The lowest BCUT2D eigenvalue weighted by Crippen LogP contribution is -2.11. The molecule has 1 aromatic carbocycles. The Bertz CT molecular complexity index is 532.